The predicted octanol–water partition coefficient (Wildman–Crippen LogP) is 1.63. The van der Waals surface area contributed by atoms with Crippen LogP contribution in [0.4, 0.5) is 10.1 Å². The number of anilines is 1. The van der Waals surface area contributed by atoms with E-state index in [0.717, 1.165) is 13.0 Å². The first kappa shape index (κ1) is 12.5. The first-order valence-electron chi connectivity index (χ1n) is 5.86. The summed E-state index contributed by atoms with van der Waals surface area (Å²) in [5.74, 6) is -0.928. The van der Waals surface area contributed by atoms with E-state index >= 15 is 0 Å². The standard InChI is InChI=1S/C13H14FN3O/c1-8-9(5-6-16-8)13(18)17-12-4-2-3-11(14)10(12)7-15/h2-4,8-9,16H,5-6H2,1H3,(H,17,18). The summed E-state index contributed by atoms with van der Waals surface area (Å²) >= 11 is 0. The summed E-state index contributed by atoms with van der Waals surface area (Å²) in [5.41, 5.74) is 0.117. The van der Waals surface area contributed by atoms with Crippen LogP contribution < -0.4 is 10.6 Å². The average molecular weight is 247 g/mol. The van der Waals surface area contributed by atoms with E-state index in [9.17, 15) is 9.18 Å². The Morgan fingerprint density at radius 1 is 1.61 bits per heavy atom. The lowest BCUT2D eigenvalue weighted by Crippen LogP contribution is -2.32. The maximum Gasteiger partial charge on any atom is 0.229 e. The molecule has 2 unspecified atom stereocenters. The molecule has 5 heteroatoms. The molecule has 2 N–H and O–H groups in total. The molecule has 2 atom stereocenters. The molecule has 2 rings (SSSR count). The Kier molecular flexibility index (Phi) is 3.58. The molecule has 1 amide bonds. The fourth-order valence-electron chi connectivity index (χ4n) is 2.18. The van der Waals surface area contributed by atoms with Crippen molar-refractivity contribution in [2.45, 2.75) is 19.4 Å². The molecule has 0 aromatic heterocycles. The van der Waals surface area contributed by atoms with Gasteiger partial charge in [0.2, 0.25) is 5.91 Å². The van der Waals surface area contributed by atoms with E-state index in [0.29, 0.717) is 0 Å². The Bertz CT molecular complexity index is 509. The second kappa shape index (κ2) is 5.15. The van der Waals surface area contributed by atoms with Crippen molar-refractivity contribution < 1.29 is 9.18 Å². The molecule has 1 aliphatic rings. The lowest BCUT2D eigenvalue weighted by atomic mass is 10.0. The number of carbonyl (C=O) groups is 1. The molecule has 1 aliphatic heterocycles. The molecule has 94 valence electrons. The molecule has 18 heavy (non-hydrogen) atoms. The molecule has 1 aromatic rings. The number of hydrogen-bond donors (Lipinski definition) is 2. The molecule has 1 heterocycles. The van der Waals surface area contributed by atoms with Gasteiger partial charge in [-0.3, -0.25) is 4.79 Å². The highest BCUT2D eigenvalue weighted by molar-refractivity contribution is 5.94. The van der Waals surface area contributed by atoms with Crippen molar-refractivity contribution in [3.05, 3.63) is 29.6 Å². The van der Waals surface area contributed by atoms with Crippen LogP contribution in [0.5, 0.6) is 0 Å². The first-order valence-corrected chi connectivity index (χ1v) is 5.86. The van der Waals surface area contributed by atoms with Gasteiger partial charge in [0, 0.05) is 6.04 Å². The van der Waals surface area contributed by atoms with Gasteiger partial charge in [-0.05, 0) is 32.0 Å². The fraction of sp³-hybridized carbons (Fsp3) is 0.385. The minimum absolute atomic E-state index is 0.101. The van der Waals surface area contributed by atoms with Gasteiger partial charge in [0.05, 0.1) is 11.6 Å². The molecule has 1 saturated heterocycles. The summed E-state index contributed by atoms with van der Waals surface area (Å²) in [6.45, 7) is 2.74. The van der Waals surface area contributed by atoms with Crippen molar-refractivity contribution >= 4 is 11.6 Å². The molecule has 0 bridgehead atoms. The average Bonchev–Trinajstić information content (AvgIpc) is 2.76. The van der Waals surface area contributed by atoms with E-state index in [1.54, 1.807) is 6.07 Å². The van der Waals surface area contributed by atoms with Crippen molar-refractivity contribution in [2.24, 2.45) is 5.92 Å². The Hall–Kier alpha value is -1.93. The lowest BCUT2D eigenvalue weighted by Gasteiger charge is -2.15. The number of hydrogen-bond acceptors (Lipinski definition) is 3. The molecule has 1 aromatic carbocycles. The van der Waals surface area contributed by atoms with Crippen LogP contribution in [0.3, 0.4) is 0 Å². The first-order chi connectivity index (χ1) is 8.63. The van der Waals surface area contributed by atoms with Crippen molar-refractivity contribution in [2.75, 3.05) is 11.9 Å². The smallest absolute Gasteiger partial charge is 0.229 e. The fourth-order valence-corrected chi connectivity index (χ4v) is 2.18. The highest BCUT2D eigenvalue weighted by atomic mass is 19.1. The maximum atomic E-state index is 13.4. The van der Waals surface area contributed by atoms with Crippen LogP contribution in [0.1, 0.15) is 18.9 Å². The second-order valence-corrected chi connectivity index (χ2v) is 4.40. The van der Waals surface area contributed by atoms with Crippen LogP contribution in [0.25, 0.3) is 0 Å². The Morgan fingerprint density at radius 3 is 3.00 bits per heavy atom. The summed E-state index contributed by atoms with van der Waals surface area (Å²) < 4.78 is 13.4. The zero-order valence-corrected chi connectivity index (χ0v) is 10.0. The Labute approximate surface area is 105 Å². The minimum Gasteiger partial charge on any atom is -0.325 e. The van der Waals surface area contributed by atoms with Crippen LogP contribution in [0.2, 0.25) is 0 Å². The third-order valence-electron chi connectivity index (χ3n) is 3.25. The summed E-state index contributed by atoms with van der Waals surface area (Å²) in [4.78, 5) is 12.0. The zero-order chi connectivity index (χ0) is 13.1. The monoisotopic (exact) mass is 247 g/mol. The van der Waals surface area contributed by atoms with Gasteiger partial charge in [-0.15, -0.1) is 0 Å². The molecule has 0 aliphatic carbocycles. The van der Waals surface area contributed by atoms with Crippen molar-refractivity contribution in [3.8, 4) is 6.07 Å². The van der Waals surface area contributed by atoms with Crippen LogP contribution in [0.15, 0.2) is 18.2 Å². The van der Waals surface area contributed by atoms with Crippen LogP contribution >= 0.6 is 0 Å². The Balaban J connectivity index is 2.17. The molecule has 0 saturated carbocycles. The summed E-state index contributed by atoms with van der Waals surface area (Å²) in [7, 11) is 0. The van der Waals surface area contributed by atoms with Gasteiger partial charge in [-0.25, -0.2) is 4.39 Å². The van der Waals surface area contributed by atoms with Crippen molar-refractivity contribution in [1.29, 1.82) is 5.26 Å². The van der Waals surface area contributed by atoms with E-state index in [1.807, 2.05) is 6.92 Å². The lowest BCUT2D eigenvalue weighted by molar-refractivity contribution is -0.120. The summed E-state index contributed by atoms with van der Waals surface area (Å²) in [6.07, 6.45) is 0.754. The largest absolute Gasteiger partial charge is 0.325 e. The third-order valence-corrected chi connectivity index (χ3v) is 3.25. The molecule has 0 spiro atoms. The minimum atomic E-state index is -0.618. The van der Waals surface area contributed by atoms with Crippen molar-refractivity contribution in [1.82, 2.24) is 5.32 Å². The molecule has 4 nitrogen and oxygen atoms in total. The summed E-state index contributed by atoms with van der Waals surface area (Å²) in [5, 5.41) is 14.7. The summed E-state index contributed by atoms with van der Waals surface area (Å²) in [6, 6.07) is 6.08. The van der Waals surface area contributed by atoms with E-state index in [-0.39, 0.29) is 29.1 Å². The van der Waals surface area contributed by atoms with E-state index in [1.165, 1.54) is 18.2 Å². The van der Waals surface area contributed by atoms with Gasteiger partial charge < -0.3 is 10.6 Å². The number of rotatable bonds is 2. The van der Waals surface area contributed by atoms with Gasteiger partial charge >= 0.3 is 0 Å². The Morgan fingerprint density at radius 2 is 2.39 bits per heavy atom. The van der Waals surface area contributed by atoms with Crippen LogP contribution in [-0.2, 0) is 4.79 Å². The van der Waals surface area contributed by atoms with E-state index in [4.69, 9.17) is 5.26 Å². The number of nitriles is 1. The van der Waals surface area contributed by atoms with Gasteiger partial charge in [0.15, 0.2) is 0 Å². The number of halogens is 1. The maximum absolute atomic E-state index is 13.4. The SMILES string of the molecule is CC1NCCC1C(=O)Nc1cccc(F)c1C#N. The molecule has 1 fully saturated rings. The highest BCUT2D eigenvalue weighted by Crippen LogP contribution is 2.21. The number of nitrogens with one attached hydrogen (secondary N) is 2. The topological polar surface area (TPSA) is 64.9 Å². The van der Waals surface area contributed by atoms with Crippen LogP contribution in [-0.4, -0.2) is 18.5 Å². The number of amides is 1. The number of nitrogens with zero attached hydrogens (tertiary/aromatic N) is 1. The van der Waals surface area contributed by atoms with Gasteiger partial charge in [-0.1, -0.05) is 6.07 Å². The number of benzene rings is 1. The van der Waals surface area contributed by atoms with Gasteiger partial charge in [-0.2, -0.15) is 5.26 Å². The number of carbonyl (C=O) groups excluding carboxylic acids is 1. The highest BCUT2D eigenvalue weighted by Gasteiger charge is 2.29. The van der Waals surface area contributed by atoms with Gasteiger partial charge in [0.25, 0.3) is 0 Å². The molecular formula is C13H14FN3O. The second-order valence-electron chi connectivity index (χ2n) is 4.40. The van der Waals surface area contributed by atoms with Crippen LogP contribution in [0, 0.1) is 23.1 Å². The normalized spacial score (nSPS) is 22.5. The quantitative estimate of drug-likeness (QED) is 0.834. The van der Waals surface area contributed by atoms with Crippen molar-refractivity contribution in [3.63, 3.8) is 0 Å². The third kappa shape index (κ3) is 2.34. The van der Waals surface area contributed by atoms with E-state index < -0.39 is 5.82 Å². The van der Waals surface area contributed by atoms with E-state index in [2.05, 4.69) is 10.6 Å². The van der Waals surface area contributed by atoms with Gasteiger partial charge in [0.1, 0.15) is 17.4 Å². The molecule has 0 radical (unpaired) electrons. The predicted molar refractivity (Wildman–Crippen MR) is 65.3 cm³/mol. The molecular weight excluding hydrogens is 233 g/mol. The zero-order valence-electron chi connectivity index (χ0n) is 10.0.